The summed E-state index contributed by atoms with van der Waals surface area (Å²) in [5.74, 6) is -1.60. The second kappa shape index (κ2) is 9.12. The Morgan fingerprint density at radius 2 is 1.71 bits per heavy atom. The van der Waals surface area contributed by atoms with Gasteiger partial charge in [-0.15, -0.1) is 0 Å². The SMILES string of the molecule is CCC[C@@H](NC(=O)OCC1c2ccccc2-c2ccccc21)C(=O)N1[C@@H]2CC[C@H]1[C@@H](C(=O)O)C2. The van der Waals surface area contributed by atoms with Crippen LogP contribution in [0.1, 0.15) is 56.1 Å². The van der Waals surface area contributed by atoms with Crippen molar-refractivity contribution < 1.29 is 24.2 Å². The Labute approximate surface area is 199 Å². The van der Waals surface area contributed by atoms with E-state index in [9.17, 15) is 19.5 Å². The normalized spacial score (nSPS) is 23.3. The number of hydrogen-bond acceptors (Lipinski definition) is 4. The third-order valence-electron chi connectivity index (χ3n) is 7.62. The first-order valence-corrected chi connectivity index (χ1v) is 12.2. The fraction of sp³-hybridized carbons (Fsp3) is 0.444. The molecule has 2 aromatic carbocycles. The molecule has 34 heavy (non-hydrogen) atoms. The van der Waals surface area contributed by atoms with Crippen LogP contribution in [-0.2, 0) is 14.3 Å². The number of ether oxygens (including phenoxy) is 1. The summed E-state index contributed by atoms with van der Waals surface area (Å²) in [6.07, 6.45) is 2.61. The standard InChI is InChI=1S/C27H30N2O5/c1-2-7-23(25(30)29-16-12-13-24(29)21(14-16)26(31)32)28-27(33)34-15-22-19-10-5-3-8-17(19)18-9-4-6-11-20(18)22/h3-6,8-11,16,21-24H,2,7,12-15H2,1H3,(H,28,33)(H,31,32)/t16-,21+,23-,24+/m1/s1. The van der Waals surface area contributed by atoms with E-state index in [0.717, 1.165) is 28.7 Å². The third kappa shape index (κ3) is 3.83. The molecule has 2 N–H and O–H groups in total. The summed E-state index contributed by atoms with van der Waals surface area (Å²) in [5, 5.41) is 12.3. The lowest BCUT2D eigenvalue weighted by atomic mass is 9.89. The number of carboxylic acids is 1. The summed E-state index contributed by atoms with van der Waals surface area (Å²) in [4.78, 5) is 39.4. The minimum atomic E-state index is -0.846. The van der Waals surface area contributed by atoms with Crippen LogP contribution in [0.5, 0.6) is 0 Å². The first-order chi connectivity index (χ1) is 16.5. The van der Waals surface area contributed by atoms with E-state index in [-0.39, 0.29) is 30.5 Å². The number of fused-ring (bicyclic) bond motifs is 5. The number of rotatable bonds is 7. The Bertz CT molecular complexity index is 1070. The molecule has 7 nitrogen and oxygen atoms in total. The molecule has 2 aromatic rings. The van der Waals surface area contributed by atoms with E-state index >= 15 is 0 Å². The molecule has 2 saturated heterocycles. The van der Waals surface area contributed by atoms with Gasteiger partial charge in [0.25, 0.3) is 0 Å². The third-order valence-corrected chi connectivity index (χ3v) is 7.62. The Hall–Kier alpha value is -3.35. The summed E-state index contributed by atoms with van der Waals surface area (Å²) in [6.45, 7) is 2.14. The van der Waals surface area contributed by atoms with Crippen molar-refractivity contribution in [1.29, 1.82) is 0 Å². The second-order valence-electron chi connectivity index (χ2n) is 9.54. The summed E-state index contributed by atoms with van der Waals surface area (Å²) >= 11 is 0. The van der Waals surface area contributed by atoms with E-state index in [1.165, 1.54) is 0 Å². The lowest BCUT2D eigenvalue weighted by molar-refractivity contribution is -0.143. The summed E-state index contributed by atoms with van der Waals surface area (Å²) in [7, 11) is 0. The Kier molecular flexibility index (Phi) is 6.02. The van der Waals surface area contributed by atoms with Crippen LogP contribution in [0.3, 0.4) is 0 Å². The van der Waals surface area contributed by atoms with Crippen LogP contribution in [-0.4, -0.2) is 52.7 Å². The maximum absolute atomic E-state index is 13.4. The number of amides is 2. The minimum Gasteiger partial charge on any atom is -0.481 e. The Morgan fingerprint density at radius 1 is 1.06 bits per heavy atom. The van der Waals surface area contributed by atoms with Gasteiger partial charge in [0.1, 0.15) is 12.6 Å². The number of hydrogen-bond donors (Lipinski definition) is 2. The van der Waals surface area contributed by atoms with Crippen LogP contribution in [0, 0.1) is 5.92 Å². The van der Waals surface area contributed by atoms with Crippen molar-refractivity contribution in [2.45, 2.75) is 63.1 Å². The lowest BCUT2D eigenvalue weighted by Crippen LogP contribution is -2.51. The predicted molar refractivity (Wildman–Crippen MR) is 126 cm³/mol. The van der Waals surface area contributed by atoms with Gasteiger partial charge in [-0.25, -0.2) is 4.79 Å². The largest absolute Gasteiger partial charge is 0.481 e. The van der Waals surface area contributed by atoms with Crippen molar-refractivity contribution in [1.82, 2.24) is 10.2 Å². The van der Waals surface area contributed by atoms with Gasteiger partial charge in [-0.3, -0.25) is 9.59 Å². The van der Waals surface area contributed by atoms with Crippen LogP contribution in [0.2, 0.25) is 0 Å². The minimum absolute atomic E-state index is 0.0516. The Morgan fingerprint density at radius 3 is 2.29 bits per heavy atom. The zero-order chi connectivity index (χ0) is 23.8. The van der Waals surface area contributed by atoms with Crippen molar-refractivity contribution in [3.63, 3.8) is 0 Å². The second-order valence-corrected chi connectivity index (χ2v) is 9.54. The molecule has 2 heterocycles. The first-order valence-electron chi connectivity index (χ1n) is 12.2. The average Bonchev–Trinajstić information content (AvgIpc) is 3.52. The van der Waals surface area contributed by atoms with Gasteiger partial charge in [-0.2, -0.15) is 0 Å². The number of benzene rings is 2. The molecule has 178 valence electrons. The fourth-order valence-electron chi connectivity index (χ4n) is 6.11. The molecule has 4 atom stereocenters. The highest BCUT2D eigenvalue weighted by atomic mass is 16.5. The molecule has 0 aromatic heterocycles. The average molecular weight is 463 g/mol. The van der Waals surface area contributed by atoms with E-state index in [1.54, 1.807) is 4.90 Å². The quantitative estimate of drug-likeness (QED) is 0.644. The number of carbonyl (C=O) groups excluding carboxylic acids is 2. The fourth-order valence-corrected chi connectivity index (χ4v) is 6.11. The van der Waals surface area contributed by atoms with E-state index in [4.69, 9.17) is 4.74 Å². The Balaban J connectivity index is 1.26. The number of carboxylic acid groups (broad SMARTS) is 1. The molecule has 0 radical (unpaired) electrons. The summed E-state index contributed by atoms with van der Waals surface area (Å²) < 4.78 is 5.64. The van der Waals surface area contributed by atoms with Gasteiger partial charge in [0, 0.05) is 18.0 Å². The van der Waals surface area contributed by atoms with Gasteiger partial charge in [0.05, 0.1) is 5.92 Å². The van der Waals surface area contributed by atoms with Gasteiger partial charge in [0.15, 0.2) is 0 Å². The highest BCUT2D eigenvalue weighted by Gasteiger charge is 2.52. The first kappa shape index (κ1) is 22.4. The topological polar surface area (TPSA) is 95.9 Å². The number of alkyl carbamates (subject to hydrolysis) is 1. The molecular formula is C27H30N2O5. The molecule has 2 fully saturated rings. The maximum atomic E-state index is 13.4. The highest BCUT2D eigenvalue weighted by molar-refractivity contribution is 5.88. The molecular weight excluding hydrogens is 432 g/mol. The molecule has 0 saturated carbocycles. The van der Waals surface area contributed by atoms with Crippen molar-refractivity contribution in [2.24, 2.45) is 5.92 Å². The van der Waals surface area contributed by atoms with Crippen LogP contribution < -0.4 is 5.32 Å². The van der Waals surface area contributed by atoms with Gasteiger partial charge >= 0.3 is 12.1 Å². The van der Waals surface area contributed by atoms with E-state index in [0.29, 0.717) is 25.7 Å². The van der Waals surface area contributed by atoms with Crippen molar-refractivity contribution in [2.75, 3.05) is 6.61 Å². The molecule has 1 aliphatic carbocycles. The smallest absolute Gasteiger partial charge is 0.407 e. The van der Waals surface area contributed by atoms with E-state index in [1.807, 2.05) is 31.2 Å². The number of aliphatic carboxylic acids is 1. The van der Waals surface area contributed by atoms with Crippen LogP contribution >= 0.6 is 0 Å². The summed E-state index contributed by atoms with van der Waals surface area (Å²) in [5.41, 5.74) is 4.57. The van der Waals surface area contributed by atoms with Gasteiger partial charge in [-0.1, -0.05) is 61.9 Å². The monoisotopic (exact) mass is 462 g/mol. The van der Waals surface area contributed by atoms with Crippen molar-refractivity contribution in [3.8, 4) is 11.1 Å². The van der Waals surface area contributed by atoms with E-state index < -0.39 is 24.0 Å². The van der Waals surface area contributed by atoms with Gasteiger partial charge in [0.2, 0.25) is 5.91 Å². The number of nitrogens with one attached hydrogen (secondary N) is 1. The lowest BCUT2D eigenvalue weighted by Gasteiger charge is -2.28. The van der Waals surface area contributed by atoms with Crippen LogP contribution in [0.4, 0.5) is 4.79 Å². The van der Waals surface area contributed by atoms with Crippen LogP contribution in [0.15, 0.2) is 48.5 Å². The molecule has 5 rings (SSSR count). The number of carbonyl (C=O) groups is 3. The van der Waals surface area contributed by atoms with Crippen LogP contribution in [0.25, 0.3) is 11.1 Å². The molecule has 2 aliphatic heterocycles. The molecule has 0 unspecified atom stereocenters. The van der Waals surface area contributed by atoms with Gasteiger partial charge < -0.3 is 20.1 Å². The van der Waals surface area contributed by atoms with E-state index in [2.05, 4.69) is 29.6 Å². The van der Waals surface area contributed by atoms with Crippen molar-refractivity contribution in [3.05, 3.63) is 59.7 Å². The highest BCUT2D eigenvalue weighted by Crippen LogP contribution is 2.45. The zero-order valence-electron chi connectivity index (χ0n) is 19.3. The molecule has 7 heteroatoms. The molecule has 2 amide bonds. The predicted octanol–water partition coefficient (Wildman–Crippen LogP) is 4.16. The van der Waals surface area contributed by atoms with Crippen molar-refractivity contribution >= 4 is 18.0 Å². The molecule has 2 bridgehead atoms. The zero-order valence-corrected chi connectivity index (χ0v) is 19.3. The molecule has 3 aliphatic rings. The summed E-state index contributed by atoms with van der Waals surface area (Å²) in [6, 6.07) is 15.2. The van der Waals surface area contributed by atoms with Gasteiger partial charge in [-0.05, 0) is 47.9 Å². The maximum Gasteiger partial charge on any atom is 0.407 e. The molecule has 0 spiro atoms. The number of nitrogens with zero attached hydrogens (tertiary/aromatic N) is 1.